The Balaban J connectivity index is 2.15. The van der Waals surface area contributed by atoms with Crippen molar-refractivity contribution in [1.82, 2.24) is 10.0 Å². The van der Waals surface area contributed by atoms with E-state index in [4.69, 9.17) is 0 Å². The standard InChI is InChI=1S/C21H27FN2O3S/c1-4-5-14-23-21(25)20(15(2)3)24-28(26,27)19-12-8-17(9-13-19)16-6-10-18(22)11-7-16/h6-13,15,20,24H,4-5,14H2,1-3H3,(H,23,25)/t20-/m1/s1. The van der Waals surface area contributed by atoms with Crippen molar-refractivity contribution in [2.45, 2.75) is 44.6 Å². The summed E-state index contributed by atoms with van der Waals surface area (Å²) in [6.45, 7) is 6.13. The smallest absolute Gasteiger partial charge is 0.241 e. The number of halogens is 1. The fourth-order valence-electron chi connectivity index (χ4n) is 2.69. The Morgan fingerprint density at radius 1 is 1.00 bits per heavy atom. The molecule has 2 N–H and O–H groups in total. The van der Waals surface area contributed by atoms with Gasteiger partial charge >= 0.3 is 0 Å². The summed E-state index contributed by atoms with van der Waals surface area (Å²) in [5.74, 6) is -0.853. The van der Waals surface area contributed by atoms with Crippen LogP contribution in [0.2, 0.25) is 0 Å². The summed E-state index contributed by atoms with van der Waals surface area (Å²) >= 11 is 0. The van der Waals surface area contributed by atoms with Crippen molar-refractivity contribution in [2.75, 3.05) is 6.54 Å². The molecule has 2 rings (SSSR count). The molecule has 0 unspecified atom stereocenters. The van der Waals surface area contributed by atoms with Gasteiger partial charge in [0, 0.05) is 6.54 Å². The number of unbranched alkanes of at least 4 members (excludes halogenated alkanes) is 1. The topological polar surface area (TPSA) is 75.3 Å². The van der Waals surface area contributed by atoms with Gasteiger partial charge in [-0.25, -0.2) is 12.8 Å². The molecule has 0 saturated carbocycles. The monoisotopic (exact) mass is 406 g/mol. The Morgan fingerprint density at radius 2 is 1.54 bits per heavy atom. The number of sulfonamides is 1. The van der Waals surface area contributed by atoms with Crippen LogP contribution in [0.4, 0.5) is 4.39 Å². The molecule has 0 bridgehead atoms. The molecular weight excluding hydrogens is 379 g/mol. The Labute approximate surface area is 166 Å². The average molecular weight is 407 g/mol. The van der Waals surface area contributed by atoms with Crippen molar-refractivity contribution in [1.29, 1.82) is 0 Å². The highest BCUT2D eigenvalue weighted by Gasteiger charge is 2.28. The summed E-state index contributed by atoms with van der Waals surface area (Å²) in [6.07, 6.45) is 1.78. The van der Waals surface area contributed by atoms with Crippen LogP contribution in [0.15, 0.2) is 53.4 Å². The van der Waals surface area contributed by atoms with Gasteiger partial charge in [0.1, 0.15) is 11.9 Å². The van der Waals surface area contributed by atoms with Gasteiger partial charge in [0.25, 0.3) is 0 Å². The lowest BCUT2D eigenvalue weighted by atomic mass is 10.1. The molecular formula is C21H27FN2O3S. The van der Waals surface area contributed by atoms with Crippen LogP contribution in [-0.4, -0.2) is 26.9 Å². The predicted molar refractivity (Wildman–Crippen MR) is 109 cm³/mol. The average Bonchev–Trinajstić information content (AvgIpc) is 2.67. The maximum Gasteiger partial charge on any atom is 0.241 e. The van der Waals surface area contributed by atoms with Gasteiger partial charge in [-0.1, -0.05) is 51.5 Å². The minimum atomic E-state index is -3.86. The summed E-state index contributed by atoms with van der Waals surface area (Å²) in [4.78, 5) is 12.4. The Morgan fingerprint density at radius 3 is 2.04 bits per heavy atom. The lowest BCUT2D eigenvalue weighted by molar-refractivity contribution is -0.123. The largest absolute Gasteiger partial charge is 0.355 e. The minimum absolute atomic E-state index is 0.0744. The molecule has 152 valence electrons. The molecule has 0 heterocycles. The predicted octanol–water partition coefficient (Wildman–Crippen LogP) is 3.71. The molecule has 0 aliphatic rings. The Bertz CT molecular complexity index is 879. The van der Waals surface area contributed by atoms with E-state index in [1.807, 2.05) is 6.92 Å². The van der Waals surface area contributed by atoms with E-state index in [0.717, 1.165) is 24.0 Å². The van der Waals surface area contributed by atoms with Crippen LogP contribution in [0.1, 0.15) is 33.6 Å². The van der Waals surface area contributed by atoms with Crippen molar-refractivity contribution < 1.29 is 17.6 Å². The summed E-state index contributed by atoms with van der Waals surface area (Å²) in [7, 11) is -3.86. The lowest BCUT2D eigenvalue weighted by Crippen LogP contribution is -2.49. The SMILES string of the molecule is CCCCNC(=O)[C@H](NS(=O)(=O)c1ccc(-c2ccc(F)cc2)cc1)C(C)C. The summed E-state index contributed by atoms with van der Waals surface area (Å²) in [6, 6.07) is 11.4. The van der Waals surface area contributed by atoms with Crippen LogP contribution in [0.3, 0.4) is 0 Å². The van der Waals surface area contributed by atoms with Gasteiger partial charge < -0.3 is 5.32 Å². The molecule has 0 spiro atoms. The number of rotatable bonds is 9. The molecule has 0 aromatic heterocycles. The second-order valence-corrected chi connectivity index (χ2v) is 8.73. The molecule has 28 heavy (non-hydrogen) atoms. The fraction of sp³-hybridized carbons (Fsp3) is 0.381. The molecule has 7 heteroatoms. The van der Waals surface area contributed by atoms with Crippen molar-refractivity contribution in [2.24, 2.45) is 5.92 Å². The number of nitrogens with one attached hydrogen (secondary N) is 2. The van der Waals surface area contributed by atoms with Crippen LogP contribution in [0.5, 0.6) is 0 Å². The summed E-state index contributed by atoms with van der Waals surface area (Å²) < 4.78 is 41.0. The van der Waals surface area contributed by atoms with E-state index in [1.54, 1.807) is 38.1 Å². The number of benzene rings is 2. The molecule has 0 aliphatic carbocycles. The zero-order valence-electron chi connectivity index (χ0n) is 16.4. The molecule has 1 amide bonds. The van der Waals surface area contributed by atoms with Gasteiger partial charge in [-0.05, 0) is 47.7 Å². The normalized spacial score (nSPS) is 12.8. The Kier molecular flexibility index (Phi) is 7.71. The van der Waals surface area contributed by atoms with Crippen molar-refractivity contribution in [3.8, 4) is 11.1 Å². The number of amides is 1. The minimum Gasteiger partial charge on any atom is -0.355 e. The fourth-order valence-corrected chi connectivity index (χ4v) is 4.04. The lowest BCUT2D eigenvalue weighted by Gasteiger charge is -2.21. The van der Waals surface area contributed by atoms with E-state index < -0.39 is 16.1 Å². The van der Waals surface area contributed by atoms with Gasteiger partial charge in [-0.15, -0.1) is 0 Å². The third-order valence-electron chi connectivity index (χ3n) is 4.40. The van der Waals surface area contributed by atoms with Crippen LogP contribution >= 0.6 is 0 Å². The van der Waals surface area contributed by atoms with E-state index in [1.165, 1.54) is 24.3 Å². The molecule has 0 fully saturated rings. The number of carbonyl (C=O) groups is 1. The van der Waals surface area contributed by atoms with E-state index in [0.29, 0.717) is 6.54 Å². The first-order valence-corrected chi connectivity index (χ1v) is 10.9. The van der Waals surface area contributed by atoms with E-state index in [2.05, 4.69) is 10.0 Å². The number of carbonyl (C=O) groups excluding carboxylic acids is 1. The zero-order chi connectivity index (χ0) is 20.7. The van der Waals surface area contributed by atoms with E-state index in [-0.39, 0.29) is 22.5 Å². The first-order valence-electron chi connectivity index (χ1n) is 9.40. The van der Waals surface area contributed by atoms with Crippen LogP contribution < -0.4 is 10.0 Å². The number of hydrogen-bond acceptors (Lipinski definition) is 3. The molecule has 2 aromatic rings. The van der Waals surface area contributed by atoms with Gasteiger partial charge in [0.2, 0.25) is 15.9 Å². The van der Waals surface area contributed by atoms with Crippen LogP contribution in [0, 0.1) is 11.7 Å². The maximum atomic E-state index is 13.1. The molecule has 0 radical (unpaired) electrons. The highest BCUT2D eigenvalue weighted by atomic mass is 32.2. The first kappa shape index (κ1) is 22.0. The number of hydrogen-bond donors (Lipinski definition) is 2. The second kappa shape index (κ2) is 9.80. The van der Waals surface area contributed by atoms with Gasteiger partial charge in [0.05, 0.1) is 4.90 Å². The van der Waals surface area contributed by atoms with Crippen LogP contribution in [0.25, 0.3) is 11.1 Å². The van der Waals surface area contributed by atoms with Gasteiger partial charge in [-0.3, -0.25) is 4.79 Å². The third kappa shape index (κ3) is 5.87. The quantitative estimate of drug-likeness (QED) is 0.624. The maximum absolute atomic E-state index is 13.1. The van der Waals surface area contributed by atoms with Gasteiger partial charge in [0.15, 0.2) is 0 Å². The highest BCUT2D eigenvalue weighted by Crippen LogP contribution is 2.22. The van der Waals surface area contributed by atoms with E-state index in [9.17, 15) is 17.6 Å². The van der Waals surface area contributed by atoms with Crippen molar-refractivity contribution >= 4 is 15.9 Å². The molecule has 2 aromatic carbocycles. The summed E-state index contributed by atoms with van der Waals surface area (Å²) in [5.41, 5.74) is 1.56. The van der Waals surface area contributed by atoms with Crippen molar-refractivity contribution in [3.05, 3.63) is 54.3 Å². The summed E-state index contributed by atoms with van der Waals surface area (Å²) in [5, 5.41) is 2.78. The Hall–Kier alpha value is -2.25. The van der Waals surface area contributed by atoms with E-state index >= 15 is 0 Å². The first-order chi connectivity index (χ1) is 13.2. The third-order valence-corrected chi connectivity index (χ3v) is 5.86. The highest BCUT2D eigenvalue weighted by molar-refractivity contribution is 7.89. The zero-order valence-corrected chi connectivity index (χ0v) is 17.2. The molecule has 0 aliphatic heterocycles. The second-order valence-electron chi connectivity index (χ2n) is 7.02. The molecule has 1 atom stereocenters. The van der Waals surface area contributed by atoms with Crippen LogP contribution in [-0.2, 0) is 14.8 Å². The molecule has 0 saturated heterocycles. The molecule has 5 nitrogen and oxygen atoms in total. The van der Waals surface area contributed by atoms with Crippen molar-refractivity contribution in [3.63, 3.8) is 0 Å². The van der Waals surface area contributed by atoms with Gasteiger partial charge in [-0.2, -0.15) is 4.72 Å².